The van der Waals surface area contributed by atoms with E-state index in [1.54, 1.807) is 0 Å². The van der Waals surface area contributed by atoms with Crippen molar-refractivity contribution in [2.24, 2.45) is 11.3 Å². The summed E-state index contributed by atoms with van der Waals surface area (Å²) in [5.74, 6) is 5.71. The van der Waals surface area contributed by atoms with Gasteiger partial charge in [-0.3, -0.25) is 11.3 Å². The summed E-state index contributed by atoms with van der Waals surface area (Å²) in [6.07, 6.45) is 2.24. The zero-order valence-corrected chi connectivity index (χ0v) is 12.2. The maximum absolute atomic E-state index is 5.71. The molecule has 18 heavy (non-hydrogen) atoms. The summed E-state index contributed by atoms with van der Waals surface area (Å²) < 4.78 is 1.34. The van der Waals surface area contributed by atoms with Crippen LogP contribution in [0.15, 0.2) is 30.3 Å². The van der Waals surface area contributed by atoms with Crippen LogP contribution in [0.2, 0.25) is 0 Å². The number of hydrazine groups is 1. The molecule has 0 saturated carbocycles. The average molecular weight is 262 g/mol. The third-order valence-electron chi connectivity index (χ3n) is 3.17. The summed E-state index contributed by atoms with van der Waals surface area (Å²) in [4.78, 5) is 1.34. The molecule has 1 heterocycles. The Morgan fingerprint density at radius 1 is 1.28 bits per heavy atom. The van der Waals surface area contributed by atoms with Crippen LogP contribution in [0, 0.1) is 5.41 Å². The van der Waals surface area contributed by atoms with E-state index < -0.39 is 0 Å². The number of hydrogen-bond donors (Lipinski definition) is 2. The third-order valence-corrected chi connectivity index (χ3v) is 4.40. The Morgan fingerprint density at radius 2 is 2.00 bits per heavy atom. The van der Waals surface area contributed by atoms with E-state index >= 15 is 0 Å². The number of fused-ring (bicyclic) bond motifs is 1. The summed E-state index contributed by atoms with van der Waals surface area (Å²) in [5.41, 5.74) is 3.32. The second-order valence-corrected chi connectivity index (χ2v) is 7.12. The zero-order chi connectivity index (χ0) is 13.2. The molecule has 0 aliphatic rings. The lowest BCUT2D eigenvalue weighted by Gasteiger charge is -2.22. The van der Waals surface area contributed by atoms with Crippen molar-refractivity contribution in [1.82, 2.24) is 5.43 Å². The minimum atomic E-state index is 0.265. The molecule has 0 saturated heterocycles. The molecular formula is C15H22N2S. The highest BCUT2D eigenvalue weighted by molar-refractivity contribution is 7.19. The maximum atomic E-state index is 5.71. The molecule has 1 unspecified atom stereocenters. The molecule has 2 aromatic rings. The van der Waals surface area contributed by atoms with E-state index in [1.807, 2.05) is 11.3 Å². The number of thiophene rings is 1. The van der Waals surface area contributed by atoms with Gasteiger partial charge in [-0.25, -0.2) is 0 Å². The van der Waals surface area contributed by atoms with Crippen LogP contribution < -0.4 is 11.3 Å². The number of rotatable bonds is 4. The highest BCUT2D eigenvalue weighted by atomic mass is 32.1. The van der Waals surface area contributed by atoms with Crippen molar-refractivity contribution in [2.45, 2.75) is 39.7 Å². The predicted molar refractivity (Wildman–Crippen MR) is 80.6 cm³/mol. The largest absolute Gasteiger partial charge is 0.271 e. The molecule has 98 valence electrons. The van der Waals surface area contributed by atoms with Gasteiger partial charge in [-0.1, -0.05) is 39.0 Å². The first-order valence-corrected chi connectivity index (χ1v) is 7.26. The summed E-state index contributed by atoms with van der Waals surface area (Å²) in [5, 5.41) is 1.31. The maximum Gasteiger partial charge on any atom is 0.0553 e. The summed E-state index contributed by atoms with van der Waals surface area (Å²) in [6.45, 7) is 6.81. The smallest absolute Gasteiger partial charge is 0.0553 e. The van der Waals surface area contributed by atoms with Crippen LogP contribution in [0.4, 0.5) is 0 Å². The van der Waals surface area contributed by atoms with Gasteiger partial charge in [-0.15, -0.1) is 11.3 Å². The van der Waals surface area contributed by atoms with Gasteiger partial charge in [-0.05, 0) is 35.8 Å². The van der Waals surface area contributed by atoms with E-state index in [9.17, 15) is 0 Å². The highest BCUT2D eigenvalue weighted by Gasteiger charge is 2.17. The monoisotopic (exact) mass is 262 g/mol. The van der Waals surface area contributed by atoms with Gasteiger partial charge in [0.1, 0.15) is 0 Å². The Bertz CT molecular complexity index is 477. The fourth-order valence-corrected chi connectivity index (χ4v) is 3.22. The van der Waals surface area contributed by atoms with Crippen molar-refractivity contribution in [3.8, 4) is 0 Å². The minimum Gasteiger partial charge on any atom is -0.271 e. The van der Waals surface area contributed by atoms with Crippen molar-refractivity contribution in [2.75, 3.05) is 0 Å². The van der Waals surface area contributed by atoms with E-state index in [0.717, 1.165) is 12.8 Å². The fourth-order valence-electron chi connectivity index (χ4n) is 2.06. The molecule has 0 radical (unpaired) electrons. The first kappa shape index (κ1) is 13.5. The summed E-state index contributed by atoms with van der Waals surface area (Å²) >= 11 is 1.84. The zero-order valence-electron chi connectivity index (χ0n) is 11.4. The van der Waals surface area contributed by atoms with Gasteiger partial charge in [0.2, 0.25) is 0 Å². The fraction of sp³-hybridized carbons (Fsp3) is 0.467. The van der Waals surface area contributed by atoms with E-state index in [2.05, 4.69) is 56.5 Å². The predicted octanol–water partition coefficient (Wildman–Crippen LogP) is 4.23. The first-order chi connectivity index (χ1) is 8.49. The van der Waals surface area contributed by atoms with Crippen LogP contribution >= 0.6 is 11.3 Å². The topological polar surface area (TPSA) is 38.0 Å². The van der Waals surface area contributed by atoms with Gasteiger partial charge >= 0.3 is 0 Å². The Kier molecular flexibility index (Phi) is 4.05. The van der Waals surface area contributed by atoms with Gasteiger partial charge < -0.3 is 0 Å². The van der Waals surface area contributed by atoms with E-state index in [-0.39, 0.29) is 6.04 Å². The van der Waals surface area contributed by atoms with Crippen LogP contribution in [0.1, 0.15) is 44.5 Å². The number of hydrogen-bond acceptors (Lipinski definition) is 3. The first-order valence-electron chi connectivity index (χ1n) is 6.44. The quantitative estimate of drug-likeness (QED) is 0.639. The average Bonchev–Trinajstić information content (AvgIpc) is 2.71. The number of nitrogens with one attached hydrogen (secondary N) is 1. The summed E-state index contributed by atoms with van der Waals surface area (Å²) in [7, 11) is 0. The Morgan fingerprint density at radius 3 is 2.61 bits per heavy atom. The molecule has 0 amide bonds. The van der Waals surface area contributed by atoms with Crippen molar-refractivity contribution in [3.05, 3.63) is 35.2 Å². The normalized spacial score (nSPS) is 14.0. The van der Waals surface area contributed by atoms with Crippen LogP contribution in [0.25, 0.3) is 10.1 Å². The van der Waals surface area contributed by atoms with Crippen LogP contribution in [0.5, 0.6) is 0 Å². The second-order valence-electron chi connectivity index (χ2n) is 6.01. The minimum absolute atomic E-state index is 0.265. The van der Waals surface area contributed by atoms with Gasteiger partial charge in [0, 0.05) is 9.58 Å². The Labute approximate surface area is 113 Å². The Hall–Kier alpha value is -0.900. The molecule has 2 nitrogen and oxygen atoms in total. The van der Waals surface area contributed by atoms with Gasteiger partial charge in [0.05, 0.1) is 6.04 Å². The molecule has 0 spiro atoms. The molecule has 0 bridgehead atoms. The Balaban J connectivity index is 2.16. The lowest BCUT2D eigenvalue weighted by Crippen LogP contribution is -2.28. The van der Waals surface area contributed by atoms with Crippen LogP contribution in [-0.4, -0.2) is 0 Å². The van der Waals surface area contributed by atoms with Gasteiger partial charge in [0.25, 0.3) is 0 Å². The summed E-state index contributed by atoms with van der Waals surface area (Å²) in [6, 6.07) is 11.0. The van der Waals surface area contributed by atoms with E-state index in [1.165, 1.54) is 15.0 Å². The van der Waals surface area contributed by atoms with Crippen molar-refractivity contribution >= 4 is 21.4 Å². The lowest BCUT2D eigenvalue weighted by molar-refractivity contribution is 0.335. The van der Waals surface area contributed by atoms with E-state index in [0.29, 0.717) is 5.41 Å². The molecule has 1 aromatic carbocycles. The molecule has 0 aliphatic carbocycles. The molecule has 3 heteroatoms. The number of benzene rings is 1. The van der Waals surface area contributed by atoms with Crippen molar-refractivity contribution in [1.29, 1.82) is 0 Å². The van der Waals surface area contributed by atoms with Crippen molar-refractivity contribution < 1.29 is 0 Å². The molecule has 0 aliphatic heterocycles. The van der Waals surface area contributed by atoms with E-state index in [4.69, 9.17) is 5.84 Å². The van der Waals surface area contributed by atoms with Crippen molar-refractivity contribution in [3.63, 3.8) is 0 Å². The third kappa shape index (κ3) is 3.31. The van der Waals surface area contributed by atoms with Crippen LogP contribution in [-0.2, 0) is 0 Å². The lowest BCUT2D eigenvalue weighted by atomic mass is 9.88. The molecule has 3 N–H and O–H groups in total. The van der Waals surface area contributed by atoms with Gasteiger partial charge in [-0.2, -0.15) is 0 Å². The highest BCUT2D eigenvalue weighted by Crippen LogP contribution is 2.33. The molecule has 1 atom stereocenters. The number of nitrogens with two attached hydrogens (primary N) is 1. The SMILES string of the molecule is CC(C)(C)CCC(NN)c1cc2ccccc2s1. The molecular weight excluding hydrogens is 240 g/mol. The van der Waals surface area contributed by atoms with Crippen LogP contribution in [0.3, 0.4) is 0 Å². The molecule has 2 rings (SSSR count). The standard InChI is InChI=1S/C15H22N2S/c1-15(2,3)9-8-12(17-16)14-10-11-6-4-5-7-13(11)18-14/h4-7,10,12,17H,8-9,16H2,1-3H3. The van der Waals surface area contributed by atoms with Gasteiger partial charge in [0.15, 0.2) is 0 Å². The second kappa shape index (κ2) is 5.39. The molecule has 1 aromatic heterocycles. The molecule has 0 fully saturated rings.